The average Bonchev–Trinajstić information content (AvgIpc) is 2.47. The Morgan fingerprint density at radius 2 is 1.59 bits per heavy atom. The zero-order valence-corrected chi connectivity index (χ0v) is 13.3. The van der Waals surface area contributed by atoms with Gasteiger partial charge in [-0.05, 0) is 12.1 Å². The Kier molecular flexibility index (Phi) is 6.77. The minimum Gasteiger partial charge on any atom is -0.496 e. The highest BCUT2D eigenvalue weighted by molar-refractivity contribution is 5.85. The summed E-state index contributed by atoms with van der Waals surface area (Å²) in [5.41, 5.74) is 0.0388. The largest absolute Gasteiger partial charge is 0.496 e. The third-order valence-corrected chi connectivity index (χ3v) is 3.57. The van der Waals surface area contributed by atoms with E-state index >= 15 is 0 Å². The Balaban J connectivity index is 0.00000242. The zero-order chi connectivity index (χ0) is 15.5. The number of alkyl halides is 3. The van der Waals surface area contributed by atoms with Crippen LogP contribution in [0.1, 0.15) is 11.6 Å². The normalized spacial score (nSPS) is 17.5. The van der Waals surface area contributed by atoms with E-state index in [2.05, 4.69) is 5.32 Å². The Bertz CT molecular complexity index is 457. The number of nitrogens with zero attached hydrogens (tertiary/aromatic N) is 1. The van der Waals surface area contributed by atoms with Gasteiger partial charge >= 0.3 is 6.18 Å². The van der Waals surface area contributed by atoms with E-state index in [1.54, 1.807) is 6.07 Å². The molecule has 0 spiro atoms. The summed E-state index contributed by atoms with van der Waals surface area (Å²) in [6, 6.07) is 2.94. The van der Waals surface area contributed by atoms with E-state index in [9.17, 15) is 13.2 Å². The third-order valence-electron chi connectivity index (χ3n) is 3.57. The first-order valence-electron chi connectivity index (χ1n) is 6.71. The molecule has 4 nitrogen and oxygen atoms in total. The monoisotopic (exact) mass is 340 g/mol. The second kappa shape index (κ2) is 7.89. The lowest BCUT2D eigenvalue weighted by molar-refractivity contribution is -0.188. The van der Waals surface area contributed by atoms with Crippen molar-refractivity contribution in [1.82, 2.24) is 10.2 Å². The molecule has 1 N–H and O–H groups in total. The Hall–Kier alpha value is -1.18. The van der Waals surface area contributed by atoms with Crippen LogP contribution in [0.2, 0.25) is 0 Å². The number of halogens is 4. The van der Waals surface area contributed by atoms with Crippen molar-refractivity contribution in [2.45, 2.75) is 12.2 Å². The van der Waals surface area contributed by atoms with Gasteiger partial charge < -0.3 is 14.8 Å². The maximum atomic E-state index is 13.6. The van der Waals surface area contributed by atoms with Crippen LogP contribution in [-0.4, -0.2) is 51.5 Å². The summed E-state index contributed by atoms with van der Waals surface area (Å²) in [6.07, 6.45) is -4.40. The van der Waals surface area contributed by atoms with E-state index in [1.165, 1.54) is 31.3 Å². The van der Waals surface area contributed by atoms with Gasteiger partial charge in [-0.15, -0.1) is 12.4 Å². The topological polar surface area (TPSA) is 33.7 Å². The predicted octanol–water partition coefficient (Wildman–Crippen LogP) is 2.63. The quantitative estimate of drug-likeness (QED) is 0.913. The molecule has 0 unspecified atom stereocenters. The van der Waals surface area contributed by atoms with E-state index in [0.29, 0.717) is 26.2 Å². The molecule has 0 aromatic heterocycles. The molecule has 1 atom stereocenters. The van der Waals surface area contributed by atoms with Gasteiger partial charge in [0.2, 0.25) is 0 Å². The number of benzene rings is 1. The minimum atomic E-state index is -4.40. The first kappa shape index (κ1) is 18.9. The summed E-state index contributed by atoms with van der Waals surface area (Å²) in [6.45, 7) is 1.71. The van der Waals surface area contributed by atoms with E-state index in [-0.39, 0.29) is 29.5 Å². The van der Waals surface area contributed by atoms with E-state index in [0.717, 1.165) is 0 Å². The molecule has 0 aliphatic carbocycles. The number of piperazine rings is 1. The van der Waals surface area contributed by atoms with Crippen molar-refractivity contribution in [2.24, 2.45) is 0 Å². The van der Waals surface area contributed by atoms with Crippen LogP contribution in [0.5, 0.6) is 11.5 Å². The van der Waals surface area contributed by atoms with E-state index in [1.807, 2.05) is 0 Å². The van der Waals surface area contributed by atoms with Crippen LogP contribution in [0.3, 0.4) is 0 Å². The number of nitrogens with one attached hydrogen (secondary N) is 1. The van der Waals surface area contributed by atoms with Crippen LogP contribution < -0.4 is 14.8 Å². The second-order valence-electron chi connectivity index (χ2n) is 4.81. The average molecular weight is 341 g/mol. The summed E-state index contributed by atoms with van der Waals surface area (Å²) in [7, 11) is 2.73. The fraction of sp³-hybridized carbons (Fsp3) is 0.571. The molecule has 0 amide bonds. The highest BCUT2D eigenvalue weighted by Crippen LogP contribution is 2.45. The lowest BCUT2D eigenvalue weighted by atomic mass is 10.0. The third kappa shape index (κ3) is 3.97. The van der Waals surface area contributed by atoms with Gasteiger partial charge in [0.05, 0.1) is 19.8 Å². The van der Waals surface area contributed by atoms with Crippen LogP contribution in [0, 0.1) is 0 Å². The molecule has 1 saturated heterocycles. The lowest BCUT2D eigenvalue weighted by Gasteiger charge is -2.37. The van der Waals surface area contributed by atoms with Gasteiger partial charge in [-0.2, -0.15) is 13.2 Å². The SMILES string of the molecule is COc1cccc(OC)c1[C@H](N1CCNCC1)C(F)(F)F.Cl. The first-order chi connectivity index (χ1) is 9.99. The molecule has 1 aromatic rings. The van der Waals surface area contributed by atoms with Crippen molar-refractivity contribution < 1.29 is 22.6 Å². The van der Waals surface area contributed by atoms with Crippen molar-refractivity contribution in [3.8, 4) is 11.5 Å². The van der Waals surface area contributed by atoms with E-state index < -0.39 is 12.2 Å². The summed E-state index contributed by atoms with van der Waals surface area (Å²) < 4.78 is 51.2. The summed E-state index contributed by atoms with van der Waals surface area (Å²) in [4.78, 5) is 1.41. The zero-order valence-electron chi connectivity index (χ0n) is 12.4. The minimum absolute atomic E-state index is 0. The molecule has 1 aliphatic heterocycles. The van der Waals surface area contributed by atoms with Crippen LogP contribution in [0.15, 0.2) is 18.2 Å². The molecule has 2 rings (SSSR count). The first-order valence-corrected chi connectivity index (χ1v) is 6.71. The van der Waals surface area contributed by atoms with Crippen LogP contribution in [0.25, 0.3) is 0 Å². The van der Waals surface area contributed by atoms with Crippen molar-refractivity contribution in [3.63, 3.8) is 0 Å². The van der Waals surface area contributed by atoms with Gasteiger partial charge in [-0.3, -0.25) is 4.90 Å². The fourth-order valence-electron chi connectivity index (χ4n) is 2.64. The highest BCUT2D eigenvalue weighted by Gasteiger charge is 2.47. The second-order valence-corrected chi connectivity index (χ2v) is 4.81. The molecule has 1 aromatic carbocycles. The van der Waals surface area contributed by atoms with Crippen LogP contribution in [0.4, 0.5) is 13.2 Å². The van der Waals surface area contributed by atoms with Gasteiger partial charge in [0.1, 0.15) is 17.5 Å². The molecular weight excluding hydrogens is 321 g/mol. The van der Waals surface area contributed by atoms with Gasteiger partial charge in [0.15, 0.2) is 0 Å². The molecule has 8 heteroatoms. The summed E-state index contributed by atoms with van der Waals surface area (Å²) in [5, 5.41) is 3.06. The number of rotatable bonds is 4. The lowest BCUT2D eigenvalue weighted by Crippen LogP contribution is -2.49. The predicted molar refractivity (Wildman–Crippen MR) is 80.0 cm³/mol. The summed E-state index contributed by atoms with van der Waals surface area (Å²) in [5.74, 6) is 0.380. The number of ether oxygens (including phenoxy) is 2. The maximum absolute atomic E-state index is 13.6. The van der Waals surface area contributed by atoms with E-state index in [4.69, 9.17) is 9.47 Å². The van der Waals surface area contributed by atoms with Gasteiger partial charge in [0.25, 0.3) is 0 Å². The smallest absolute Gasteiger partial charge is 0.408 e. The van der Waals surface area contributed by atoms with Crippen molar-refractivity contribution in [2.75, 3.05) is 40.4 Å². The maximum Gasteiger partial charge on any atom is 0.408 e. The Morgan fingerprint density at radius 1 is 1.09 bits per heavy atom. The highest BCUT2D eigenvalue weighted by atomic mass is 35.5. The standard InChI is InChI=1S/C14H19F3N2O2.ClH/c1-20-10-4-3-5-11(21-2)12(10)13(14(15,16)17)19-8-6-18-7-9-19;/h3-5,13,18H,6-9H2,1-2H3;1H/t13-;/m0./s1. The Morgan fingerprint density at radius 3 is 2.00 bits per heavy atom. The molecule has 0 saturated carbocycles. The van der Waals surface area contributed by atoms with Gasteiger partial charge in [0, 0.05) is 26.2 Å². The number of hydrogen-bond acceptors (Lipinski definition) is 4. The Labute approximate surface area is 134 Å². The van der Waals surface area contributed by atoms with Gasteiger partial charge in [-0.1, -0.05) is 6.07 Å². The van der Waals surface area contributed by atoms with Crippen LogP contribution in [-0.2, 0) is 0 Å². The fourth-order valence-corrected chi connectivity index (χ4v) is 2.64. The molecule has 1 aliphatic rings. The number of hydrogen-bond donors (Lipinski definition) is 1. The molecule has 126 valence electrons. The molecule has 0 radical (unpaired) electrons. The molecule has 1 fully saturated rings. The number of methoxy groups -OCH3 is 2. The molecular formula is C14H20ClF3N2O2. The molecule has 0 bridgehead atoms. The van der Waals surface area contributed by atoms with Gasteiger partial charge in [-0.25, -0.2) is 0 Å². The summed E-state index contributed by atoms with van der Waals surface area (Å²) >= 11 is 0. The molecule has 22 heavy (non-hydrogen) atoms. The van der Waals surface area contributed by atoms with Crippen LogP contribution >= 0.6 is 12.4 Å². The molecule has 1 heterocycles. The van der Waals surface area contributed by atoms with Crippen molar-refractivity contribution in [3.05, 3.63) is 23.8 Å². The van der Waals surface area contributed by atoms with Crippen molar-refractivity contribution >= 4 is 12.4 Å². The van der Waals surface area contributed by atoms with Crippen molar-refractivity contribution in [1.29, 1.82) is 0 Å².